The second-order valence-electron chi connectivity index (χ2n) is 3.92. The number of carbonyl (C=O) groups is 2. The van der Waals surface area contributed by atoms with Crippen LogP contribution in [-0.4, -0.2) is 28.1 Å². The number of nitrogens with one attached hydrogen (secondary N) is 1. The van der Waals surface area contributed by atoms with E-state index >= 15 is 0 Å². The van der Waals surface area contributed by atoms with Gasteiger partial charge in [0.1, 0.15) is 11.3 Å². The fourth-order valence-electron chi connectivity index (χ4n) is 1.47. The highest BCUT2D eigenvalue weighted by molar-refractivity contribution is 5.96. The van der Waals surface area contributed by atoms with E-state index in [1.54, 1.807) is 0 Å². The summed E-state index contributed by atoms with van der Waals surface area (Å²) in [7, 11) is 0. The average molecular weight is 252 g/mol. The third kappa shape index (κ3) is 3.46. The summed E-state index contributed by atoms with van der Waals surface area (Å²) in [5.41, 5.74) is 5.72. The summed E-state index contributed by atoms with van der Waals surface area (Å²) in [5, 5.41) is 20.7. The molecule has 0 spiro atoms. The van der Waals surface area contributed by atoms with Crippen LogP contribution in [0.25, 0.3) is 0 Å². The van der Waals surface area contributed by atoms with Crippen molar-refractivity contribution in [3.63, 3.8) is 0 Å². The van der Waals surface area contributed by atoms with Crippen molar-refractivity contribution >= 4 is 17.6 Å². The highest BCUT2D eigenvalue weighted by atomic mass is 16.4. The number of hydrogen-bond acceptors (Lipinski definition) is 4. The van der Waals surface area contributed by atoms with Crippen LogP contribution in [0.3, 0.4) is 0 Å². The predicted octanol–water partition coefficient (Wildman–Crippen LogP) is 1.16. The Kier molecular flexibility index (Phi) is 4.67. The topological polar surface area (TPSA) is 113 Å². The van der Waals surface area contributed by atoms with Crippen molar-refractivity contribution in [1.82, 2.24) is 0 Å². The highest BCUT2D eigenvalue weighted by Gasteiger charge is 2.14. The van der Waals surface area contributed by atoms with Crippen LogP contribution in [0.1, 0.15) is 30.1 Å². The van der Waals surface area contributed by atoms with Crippen molar-refractivity contribution in [2.45, 2.75) is 25.8 Å². The van der Waals surface area contributed by atoms with Crippen LogP contribution in [0, 0.1) is 0 Å². The first kappa shape index (κ1) is 14.0. The lowest BCUT2D eigenvalue weighted by Crippen LogP contribution is -2.35. The Balaban J connectivity index is 2.77. The molecule has 1 aromatic rings. The van der Waals surface area contributed by atoms with Crippen LogP contribution in [-0.2, 0) is 4.79 Å². The molecule has 98 valence electrons. The largest absolute Gasteiger partial charge is 0.507 e. The zero-order chi connectivity index (χ0) is 13.7. The van der Waals surface area contributed by atoms with Gasteiger partial charge in [0.2, 0.25) is 5.91 Å². The van der Waals surface area contributed by atoms with Crippen LogP contribution < -0.4 is 11.1 Å². The number of carbonyl (C=O) groups excluding carboxylic acids is 1. The van der Waals surface area contributed by atoms with E-state index in [-0.39, 0.29) is 11.5 Å². The Bertz CT molecular complexity index is 459. The van der Waals surface area contributed by atoms with Gasteiger partial charge in [0.15, 0.2) is 0 Å². The SMILES string of the molecule is CCC[C@H](N)C(=O)Nc1ccc(C(=O)O)c(O)c1. The summed E-state index contributed by atoms with van der Waals surface area (Å²) in [4.78, 5) is 22.3. The van der Waals surface area contributed by atoms with Crippen molar-refractivity contribution in [3.05, 3.63) is 23.8 Å². The van der Waals surface area contributed by atoms with Crippen molar-refractivity contribution in [1.29, 1.82) is 0 Å². The molecule has 0 aliphatic rings. The highest BCUT2D eigenvalue weighted by Crippen LogP contribution is 2.22. The number of benzene rings is 1. The van der Waals surface area contributed by atoms with Crippen molar-refractivity contribution < 1.29 is 19.8 Å². The fraction of sp³-hybridized carbons (Fsp3) is 0.333. The first-order chi connectivity index (χ1) is 8.45. The molecule has 0 aliphatic carbocycles. The number of nitrogens with two attached hydrogens (primary N) is 1. The molecule has 6 nitrogen and oxygen atoms in total. The molecule has 18 heavy (non-hydrogen) atoms. The summed E-state index contributed by atoms with van der Waals surface area (Å²) in [6.07, 6.45) is 1.35. The van der Waals surface area contributed by atoms with Gasteiger partial charge in [-0.2, -0.15) is 0 Å². The molecule has 1 atom stereocenters. The Morgan fingerprint density at radius 3 is 2.61 bits per heavy atom. The molecular formula is C12H16N2O4. The van der Waals surface area contributed by atoms with Gasteiger partial charge in [-0.15, -0.1) is 0 Å². The zero-order valence-electron chi connectivity index (χ0n) is 10.0. The first-order valence-corrected chi connectivity index (χ1v) is 5.58. The van der Waals surface area contributed by atoms with E-state index in [1.807, 2.05) is 6.92 Å². The van der Waals surface area contributed by atoms with Crippen LogP contribution in [0.4, 0.5) is 5.69 Å². The lowest BCUT2D eigenvalue weighted by molar-refractivity contribution is -0.117. The molecule has 0 saturated heterocycles. The summed E-state index contributed by atoms with van der Waals surface area (Å²) in [6.45, 7) is 1.92. The molecule has 0 fully saturated rings. The van der Waals surface area contributed by atoms with Gasteiger partial charge in [-0.1, -0.05) is 13.3 Å². The van der Waals surface area contributed by atoms with E-state index in [0.29, 0.717) is 12.1 Å². The van der Waals surface area contributed by atoms with Gasteiger partial charge < -0.3 is 21.3 Å². The molecule has 1 rings (SSSR count). The Hall–Kier alpha value is -2.08. The molecule has 1 amide bonds. The third-order valence-electron chi connectivity index (χ3n) is 2.43. The number of phenols is 1. The molecule has 0 radical (unpaired) electrons. The van der Waals surface area contributed by atoms with Gasteiger partial charge in [0, 0.05) is 11.8 Å². The molecule has 0 bridgehead atoms. The molecule has 0 saturated carbocycles. The van der Waals surface area contributed by atoms with E-state index in [2.05, 4.69) is 5.32 Å². The monoisotopic (exact) mass is 252 g/mol. The normalized spacial score (nSPS) is 11.9. The van der Waals surface area contributed by atoms with E-state index in [4.69, 9.17) is 10.8 Å². The van der Waals surface area contributed by atoms with Crippen LogP contribution >= 0.6 is 0 Å². The molecule has 0 heterocycles. The maximum absolute atomic E-state index is 11.6. The minimum Gasteiger partial charge on any atom is -0.507 e. The van der Waals surface area contributed by atoms with Gasteiger partial charge >= 0.3 is 5.97 Å². The van der Waals surface area contributed by atoms with Crippen molar-refractivity contribution in [2.24, 2.45) is 5.73 Å². The molecule has 0 aliphatic heterocycles. The van der Waals surface area contributed by atoms with Gasteiger partial charge in [-0.25, -0.2) is 4.79 Å². The number of aromatic hydroxyl groups is 1. The Labute approximate surface area is 104 Å². The third-order valence-corrected chi connectivity index (χ3v) is 2.43. The van der Waals surface area contributed by atoms with Crippen LogP contribution in [0.5, 0.6) is 5.75 Å². The lowest BCUT2D eigenvalue weighted by Gasteiger charge is -2.11. The molecule has 0 unspecified atom stereocenters. The second-order valence-corrected chi connectivity index (χ2v) is 3.92. The number of aromatic carboxylic acids is 1. The fourth-order valence-corrected chi connectivity index (χ4v) is 1.47. The minimum absolute atomic E-state index is 0.217. The first-order valence-electron chi connectivity index (χ1n) is 5.58. The molecule has 6 heteroatoms. The molecule has 1 aromatic carbocycles. The maximum atomic E-state index is 11.6. The number of hydrogen-bond donors (Lipinski definition) is 4. The minimum atomic E-state index is -1.23. The lowest BCUT2D eigenvalue weighted by atomic mass is 10.1. The average Bonchev–Trinajstić information content (AvgIpc) is 2.28. The number of rotatable bonds is 5. The van der Waals surface area contributed by atoms with Crippen LogP contribution in [0.2, 0.25) is 0 Å². The summed E-state index contributed by atoms with van der Waals surface area (Å²) < 4.78 is 0. The Morgan fingerprint density at radius 2 is 2.11 bits per heavy atom. The van der Waals surface area contributed by atoms with Gasteiger partial charge in [-0.05, 0) is 18.6 Å². The summed E-state index contributed by atoms with van der Waals surface area (Å²) >= 11 is 0. The van der Waals surface area contributed by atoms with Gasteiger partial charge in [0.25, 0.3) is 0 Å². The predicted molar refractivity (Wildman–Crippen MR) is 66.6 cm³/mol. The number of carboxylic acid groups (broad SMARTS) is 1. The van der Waals surface area contributed by atoms with Crippen LogP contribution in [0.15, 0.2) is 18.2 Å². The maximum Gasteiger partial charge on any atom is 0.339 e. The van der Waals surface area contributed by atoms with E-state index < -0.39 is 17.8 Å². The summed E-state index contributed by atoms with van der Waals surface area (Å²) in [5.74, 6) is -1.99. The number of amides is 1. The van der Waals surface area contributed by atoms with Crippen molar-refractivity contribution in [2.75, 3.05) is 5.32 Å². The zero-order valence-corrected chi connectivity index (χ0v) is 10.0. The molecule has 5 N–H and O–H groups in total. The summed E-state index contributed by atoms with van der Waals surface area (Å²) in [6, 6.07) is 3.19. The van der Waals surface area contributed by atoms with Crippen molar-refractivity contribution in [3.8, 4) is 5.75 Å². The van der Waals surface area contributed by atoms with Gasteiger partial charge in [0.05, 0.1) is 6.04 Å². The molecular weight excluding hydrogens is 236 g/mol. The smallest absolute Gasteiger partial charge is 0.339 e. The number of anilines is 1. The standard InChI is InChI=1S/C12H16N2O4/c1-2-3-9(13)11(16)14-7-4-5-8(12(17)18)10(15)6-7/h4-6,9,15H,2-3,13H2,1H3,(H,14,16)(H,17,18)/t9-/m0/s1. The van der Waals surface area contributed by atoms with Gasteiger partial charge in [-0.3, -0.25) is 4.79 Å². The Morgan fingerprint density at radius 1 is 1.44 bits per heavy atom. The molecule has 0 aromatic heterocycles. The van der Waals surface area contributed by atoms with E-state index in [0.717, 1.165) is 6.42 Å². The van der Waals surface area contributed by atoms with E-state index in [1.165, 1.54) is 18.2 Å². The quantitative estimate of drug-likeness (QED) is 0.628. The second kappa shape index (κ2) is 6.02. The van der Waals surface area contributed by atoms with E-state index in [9.17, 15) is 14.7 Å². The number of carboxylic acids is 1.